The van der Waals surface area contributed by atoms with E-state index in [0.29, 0.717) is 31.2 Å². The van der Waals surface area contributed by atoms with Crippen LogP contribution in [0.5, 0.6) is 0 Å². The molecule has 1 aromatic heterocycles. The van der Waals surface area contributed by atoms with Crippen LogP contribution in [0, 0.1) is 16.7 Å². The van der Waals surface area contributed by atoms with Crippen LogP contribution in [0.25, 0.3) is 0 Å². The Balaban J connectivity index is 2.72. The third-order valence-corrected chi connectivity index (χ3v) is 2.52. The zero-order valence-corrected chi connectivity index (χ0v) is 11.6. The Labute approximate surface area is 108 Å². The second-order valence-corrected chi connectivity index (χ2v) is 5.26. The summed E-state index contributed by atoms with van der Waals surface area (Å²) < 4.78 is 10.9. The highest BCUT2D eigenvalue weighted by molar-refractivity contribution is 4.96. The van der Waals surface area contributed by atoms with Gasteiger partial charge in [0.15, 0.2) is 0 Å². The summed E-state index contributed by atoms with van der Waals surface area (Å²) in [5.41, 5.74) is -0.0796. The Kier molecular flexibility index (Phi) is 5.29. The molecule has 0 amide bonds. The lowest BCUT2D eigenvalue weighted by Gasteiger charge is -2.27. The number of hydrogen-bond acceptors (Lipinski definition) is 5. The number of nitriles is 1. The van der Waals surface area contributed by atoms with Crippen LogP contribution in [-0.4, -0.2) is 16.7 Å². The second kappa shape index (κ2) is 6.50. The fourth-order valence-electron chi connectivity index (χ4n) is 1.67. The van der Waals surface area contributed by atoms with Crippen LogP contribution in [0.3, 0.4) is 0 Å². The quantitative estimate of drug-likeness (QED) is 0.726. The summed E-state index contributed by atoms with van der Waals surface area (Å²) >= 11 is 0. The van der Waals surface area contributed by atoms with Gasteiger partial charge in [0.05, 0.1) is 6.07 Å². The Morgan fingerprint density at radius 3 is 2.72 bits per heavy atom. The standard InChI is InChI=1S/C13H21N3O2/c1-5-17-11(13(2,3)4)12-15-10(18-16-12)8-6-7-9-14/h11H,5-8H2,1-4H3. The molecule has 1 heterocycles. The van der Waals surface area contributed by atoms with Gasteiger partial charge in [0.1, 0.15) is 6.10 Å². The number of hydrogen-bond donors (Lipinski definition) is 0. The molecular weight excluding hydrogens is 230 g/mol. The third-order valence-electron chi connectivity index (χ3n) is 2.52. The van der Waals surface area contributed by atoms with Gasteiger partial charge in [-0.1, -0.05) is 25.9 Å². The lowest BCUT2D eigenvalue weighted by molar-refractivity contribution is -0.0203. The first-order valence-electron chi connectivity index (χ1n) is 6.30. The minimum atomic E-state index is -0.170. The van der Waals surface area contributed by atoms with Gasteiger partial charge >= 0.3 is 0 Å². The highest BCUT2D eigenvalue weighted by Crippen LogP contribution is 2.34. The van der Waals surface area contributed by atoms with Crippen LogP contribution in [0.4, 0.5) is 0 Å². The highest BCUT2D eigenvalue weighted by atomic mass is 16.5. The summed E-state index contributed by atoms with van der Waals surface area (Å²) in [6, 6.07) is 2.10. The minimum absolute atomic E-state index is 0.0796. The van der Waals surface area contributed by atoms with Crippen LogP contribution in [0.15, 0.2) is 4.52 Å². The molecule has 0 aliphatic heterocycles. The molecule has 100 valence electrons. The van der Waals surface area contributed by atoms with Crippen molar-refractivity contribution in [2.75, 3.05) is 6.61 Å². The molecule has 5 nitrogen and oxygen atoms in total. The van der Waals surface area contributed by atoms with Crippen molar-refractivity contribution in [2.24, 2.45) is 5.41 Å². The molecule has 0 fully saturated rings. The van der Waals surface area contributed by atoms with Gasteiger partial charge < -0.3 is 9.26 Å². The largest absolute Gasteiger partial charge is 0.370 e. The predicted molar refractivity (Wildman–Crippen MR) is 66.7 cm³/mol. The van der Waals surface area contributed by atoms with E-state index in [0.717, 1.165) is 6.42 Å². The summed E-state index contributed by atoms with van der Waals surface area (Å²) in [7, 11) is 0. The molecule has 0 radical (unpaired) electrons. The molecule has 5 heteroatoms. The number of ether oxygens (including phenoxy) is 1. The summed E-state index contributed by atoms with van der Waals surface area (Å²) in [6.07, 6.45) is 1.72. The van der Waals surface area contributed by atoms with Crippen LogP contribution < -0.4 is 0 Å². The first kappa shape index (κ1) is 14.7. The fraction of sp³-hybridized carbons (Fsp3) is 0.769. The molecule has 0 saturated heterocycles. The molecule has 0 spiro atoms. The average molecular weight is 251 g/mol. The monoisotopic (exact) mass is 251 g/mol. The first-order chi connectivity index (χ1) is 8.49. The van der Waals surface area contributed by atoms with Crippen molar-refractivity contribution in [2.45, 2.75) is 53.1 Å². The Bertz CT molecular complexity index is 401. The molecule has 18 heavy (non-hydrogen) atoms. The van der Waals surface area contributed by atoms with E-state index in [2.05, 4.69) is 37.0 Å². The topological polar surface area (TPSA) is 71.9 Å². The molecule has 0 aliphatic rings. The van der Waals surface area contributed by atoms with E-state index in [1.54, 1.807) is 0 Å². The maximum Gasteiger partial charge on any atom is 0.226 e. The Morgan fingerprint density at radius 1 is 1.44 bits per heavy atom. The highest BCUT2D eigenvalue weighted by Gasteiger charge is 2.31. The van der Waals surface area contributed by atoms with Crippen molar-refractivity contribution in [1.82, 2.24) is 10.1 Å². The summed E-state index contributed by atoms with van der Waals surface area (Å²) in [6.45, 7) is 8.81. The fourth-order valence-corrected chi connectivity index (χ4v) is 1.67. The zero-order valence-electron chi connectivity index (χ0n) is 11.6. The van der Waals surface area contributed by atoms with Crippen molar-refractivity contribution in [3.63, 3.8) is 0 Å². The first-order valence-corrected chi connectivity index (χ1v) is 6.30. The molecule has 1 aromatic rings. The van der Waals surface area contributed by atoms with Crippen molar-refractivity contribution in [3.8, 4) is 6.07 Å². The average Bonchev–Trinajstić information content (AvgIpc) is 2.73. The number of rotatable bonds is 6. The second-order valence-electron chi connectivity index (χ2n) is 5.26. The van der Waals surface area contributed by atoms with Gasteiger partial charge in [-0.15, -0.1) is 0 Å². The lowest BCUT2D eigenvalue weighted by atomic mass is 9.88. The van der Waals surface area contributed by atoms with E-state index in [1.807, 2.05) is 6.92 Å². The molecule has 0 aliphatic carbocycles. The third kappa shape index (κ3) is 4.11. The molecular formula is C13H21N3O2. The van der Waals surface area contributed by atoms with E-state index in [9.17, 15) is 0 Å². The summed E-state index contributed by atoms with van der Waals surface area (Å²) in [5.74, 6) is 1.17. The van der Waals surface area contributed by atoms with Gasteiger partial charge in [-0.3, -0.25) is 0 Å². The van der Waals surface area contributed by atoms with E-state index < -0.39 is 0 Å². The SMILES string of the molecule is CCOC(c1noc(CCCC#N)n1)C(C)(C)C. The molecule has 1 rings (SSSR count). The smallest absolute Gasteiger partial charge is 0.226 e. The summed E-state index contributed by atoms with van der Waals surface area (Å²) in [4.78, 5) is 4.36. The van der Waals surface area contributed by atoms with E-state index in [4.69, 9.17) is 14.5 Å². The van der Waals surface area contributed by atoms with Gasteiger partial charge in [-0.05, 0) is 18.8 Å². The van der Waals surface area contributed by atoms with Crippen LogP contribution in [0.2, 0.25) is 0 Å². The van der Waals surface area contributed by atoms with Crippen molar-refractivity contribution >= 4 is 0 Å². The number of nitrogens with zero attached hydrogens (tertiary/aromatic N) is 3. The molecule has 1 atom stereocenters. The Morgan fingerprint density at radius 2 is 2.17 bits per heavy atom. The molecule has 0 bridgehead atoms. The molecule has 0 aromatic carbocycles. The van der Waals surface area contributed by atoms with Crippen LogP contribution >= 0.6 is 0 Å². The zero-order chi connectivity index (χ0) is 13.6. The van der Waals surface area contributed by atoms with E-state index >= 15 is 0 Å². The van der Waals surface area contributed by atoms with Crippen molar-refractivity contribution in [3.05, 3.63) is 11.7 Å². The van der Waals surface area contributed by atoms with Gasteiger partial charge in [0.25, 0.3) is 0 Å². The maximum absolute atomic E-state index is 8.48. The van der Waals surface area contributed by atoms with Crippen molar-refractivity contribution < 1.29 is 9.26 Å². The summed E-state index contributed by atoms with van der Waals surface area (Å²) in [5, 5.41) is 12.5. The van der Waals surface area contributed by atoms with E-state index in [1.165, 1.54) is 0 Å². The van der Waals surface area contributed by atoms with Crippen molar-refractivity contribution in [1.29, 1.82) is 5.26 Å². The van der Waals surface area contributed by atoms with E-state index in [-0.39, 0.29) is 11.5 Å². The predicted octanol–water partition coefficient (Wildman–Crippen LogP) is 3.04. The van der Waals surface area contributed by atoms with Gasteiger partial charge in [0, 0.05) is 19.4 Å². The molecule has 0 N–H and O–H groups in total. The molecule has 0 saturated carbocycles. The minimum Gasteiger partial charge on any atom is -0.370 e. The normalized spacial score (nSPS) is 13.3. The number of aromatic nitrogens is 2. The van der Waals surface area contributed by atoms with Gasteiger partial charge in [-0.2, -0.15) is 10.2 Å². The van der Waals surface area contributed by atoms with Gasteiger partial charge in [0.2, 0.25) is 11.7 Å². The number of unbranched alkanes of at least 4 members (excludes halogenated alkanes) is 1. The number of aryl methyl sites for hydroxylation is 1. The lowest BCUT2D eigenvalue weighted by Crippen LogP contribution is -2.22. The van der Waals surface area contributed by atoms with Gasteiger partial charge in [-0.25, -0.2) is 0 Å². The molecule has 1 unspecified atom stereocenters. The maximum atomic E-state index is 8.48. The van der Waals surface area contributed by atoms with Crippen LogP contribution in [-0.2, 0) is 11.2 Å². The Hall–Kier alpha value is -1.41. The van der Waals surface area contributed by atoms with Crippen LogP contribution in [0.1, 0.15) is 58.4 Å².